The van der Waals surface area contributed by atoms with Crippen molar-refractivity contribution >= 4 is 51.8 Å². The zero-order chi connectivity index (χ0) is 12.4. The first-order chi connectivity index (χ1) is 8.10. The molecule has 1 aromatic rings. The number of rotatable bonds is 2. The highest BCUT2D eigenvalue weighted by molar-refractivity contribution is 14.1. The molecule has 1 unspecified atom stereocenters. The molecule has 90 valence electrons. The SMILES string of the molecule is O=C1C=C(CI)CC(c2ccc(Cl)cc2Cl)O1. The molecule has 0 aromatic heterocycles. The van der Waals surface area contributed by atoms with Crippen molar-refractivity contribution < 1.29 is 9.53 Å². The van der Waals surface area contributed by atoms with Crippen molar-refractivity contribution in [3.8, 4) is 0 Å². The summed E-state index contributed by atoms with van der Waals surface area (Å²) in [4.78, 5) is 11.4. The highest BCUT2D eigenvalue weighted by Crippen LogP contribution is 2.35. The summed E-state index contributed by atoms with van der Waals surface area (Å²) in [6.07, 6.45) is 1.94. The Morgan fingerprint density at radius 1 is 1.41 bits per heavy atom. The zero-order valence-electron chi connectivity index (χ0n) is 8.75. The number of ether oxygens (including phenoxy) is 1. The van der Waals surface area contributed by atoms with Crippen molar-refractivity contribution in [2.75, 3.05) is 4.43 Å². The second kappa shape index (κ2) is 5.59. The van der Waals surface area contributed by atoms with Gasteiger partial charge in [0.25, 0.3) is 0 Å². The number of hydrogen-bond donors (Lipinski definition) is 0. The molecular formula is C12H9Cl2IO2. The van der Waals surface area contributed by atoms with E-state index in [0.717, 1.165) is 15.6 Å². The van der Waals surface area contributed by atoms with E-state index in [-0.39, 0.29) is 12.1 Å². The van der Waals surface area contributed by atoms with Crippen molar-refractivity contribution in [2.45, 2.75) is 12.5 Å². The van der Waals surface area contributed by atoms with E-state index in [2.05, 4.69) is 22.6 Å². The fourth-order valence-electron chi connectivity index (χ4n) is 1.71. The molecule has 2 rings (SSSR count). The minimum atomic E-state index is -0.307. The Morgan fingerprint density at radius 3 is 2.82 bits per heavy atom. The Morgan fingerprint density at radius 2 is 2.18 bits per heavy atom. The van der Waals surface area contributed by atoms with Gasteiger partial charge in [-0.25, -0.2) is 4.79 Å². The number of hydrogen-bond acceptors (Lipinski definition) is 2. The molecule has 1 aliphatic rings. The number of cyclic esters (lactones) is 1. The first kappa shape index (κ1) is 13.2. The van der Waals surface area contributed by atoms with Gasteiger partial charge >= 0.3 is 5.97 Å². The van der Waals surface area contributed by atoms with E-state index < -0.39 is 0 Å². The number of halogens is 3. The third-order valence-corrected chi connectivity index (χ3v) is 4.05. The number of benzene rings is 1. The minimum Gasteiger partial charge on any atom is -0.454 e. The van der Waals surface area contributed by atoms with Gasteiger partial charge in [0.05, 0.1) is 0 Å². The van der Waals surface area contributed by atoms with Gasteiger partial charge < -0.3 is 4.74 Å². The highest BCUT2D eigenvalue weighted by atomic mass is 127. The summed E-state index contributed by atoms with van der Waals surface area (Å²) >= 11 is 14.2. The third kappa shape index (κ3) is 3.14. The molecule has 0 radical (unpaired) electrons. The molecule has 1 atom stereocenters. The monoisotopic (exact) mass is 382 g/mol. The van der Waals surface area contributed by atoms with Crippen molar-refractivity contribution in [2.24, 2.45) is 0 Å². The molecule has 0 bridgehead atoms. The number of esters is 1. The average molecular weight is 383 g/mol. The van der Waals surface area contributed by atoms with Gasteiger partial charge in [-0.05, 0) is 17.7 Å². The predicted octanol–water partition coefficient (Wildman–Crippen LogP) is 4.34. The first-order valence-electron chi connectivity index (χ1n) is 5.01. The molecule has 1 heterocycles. The molecule has 0 saturated carbocycles. The molecular weight excluding hydrogens is 374 g/mol. The predicted molar refractivity (Wildman–Crippen MR) is 76.9 cm³/mol. The van der Waals surface area contributed by atoms with Crippen LogP contribution in [0.5, 0.6) is 0 Å². The Bertz CT molecular complexity index is 485. The van der Waals surface area contributed by atoms with Crippen LogP contribution in [0.3, 0.4) is 0 Å². The van der Waals surface area contributed by atoms with E-state index in [0.29, 0.717) is 16.5 Å². The van der Waals surface area contributed by atoms with E-state index in [1.165, 1.54) is 0 Å². The zero-order valence-corrected chi connectivity index (χ0v) is 12.4. The van der Waals surface area contributed by atoms with Gasteiger partial charge in [-0.3, -0.25) is 0 Å². The Balaban J connectivity index is 2.29. The Labute approximate surface area is 123 Å². The highest BCUT2D eigenvalue weighted by Gasteiger charge is 2.24. The molecule has 2 nitrogen and oxygen atoms in total. The summed E-state index contributed by atoms with van der Waals surface area (Å²) in [5.41, 5.74) is 1.87. The van der Waals surface area contributed by atoms with E-state index in [4.69, 9.17) is 27.9 Å². The van der Waals surface area contributed by atoms with Crippen LogP contribution in [0.1, 0.15) is 18.1 Å². The summed E-state index contributed by atoms with van der Waals surface area (Å²) < 4.78 is 6.09. The fourth-order valence-corrected chi connectivity index (χ4v) is 2.77. The molecule has 0 amide bonds. The van der Waals surface area contributed by atoms with Gasteiger partial charge in [0, 0.05) is 32.5 Å². The fraction of sp³-hybridized carbons (Fsp3) is 0.250. The maximum Gasteiger partial charge on any atom is 0.331 e. The summed E-state index contributed by atoms with van der Waals surface area (Å²) in [7, 11) is 0. The van der Waals surface area contributed by atoms with Gasteiger partial charge in [-0.1, -0.05) is 51.9 Å². The topological polar surface area (TPSA) is 26.3 Å². The average Bonchev–Trinajstić information content (AvgIpc) is 2.28. The normalized spacial score (nSPS) is 19.8. The summed E-state index contributed by atoms with van der Waals surface area (Å²) in [5, 5.41) is 1.11. The maximum atomic E-state index is 11.4. The first-order valence-corrected chi connectivity index (χ1v) is 7.29. The smallest absolute Gasteiger partial charge is 0.331 e. The lowest BCUT2D eigenvalue weighted by Gasteiger charge is -2.23. The number of alkyl halides is 1. The van der Waals surface area contributed by atoms with E-state index in [1.807, 2.05) is 0 Å². The summed E-state index contributed by atoms with van der Waals surface area (Å²) in [5.74, 6) is -0.307. The standard InChI is InChI=1S/C12H9Cl2IO2/c13-8-1-2-9(10(14)5-8)11-3-7(6-15)4-12(16)17-11/h1-2,4-5,11H,3,6H2. The van der Waals surface area contributed by atoms with Crippen LogP contribution in [0.25, 0.3) is 0 Å². The van der Waals surface area contributed by atoms with Crippen molar-refractivity contribution in [3.63, 3.8) is 0 Å². The van der Waals surface area contributed by atoms with Gasteiger partial charge in [-0.2, -0.15) is 0 Å². The molecule has 5 heteroatoms. The quantitative estimate of drug-likeness (QED) is 0.432. The Kier molecular flexibility index (Phi) is 4.33. The molecule has 0 fully saturated rings. The minimum absolute atomic E-state index is 0.304. The van der Waals surface area contributed by atoms with Crippen LogP contribution in [0.15, 0.2) is 29.8 Å². The molecule has 1 aromatic carbocycles. The van der Waals surface area contributed by atoms with E-state index in [1.54, 1.807) is 24.3 Å². The molecule has 0 N–H and O–H groups in total. The van der Waals surface area contributed by atoms with Gasteiger partial charge in [0.15, 0.2) is 0 Å². The number of carbonyl (C=O) groups is 1. The molecule has 1 aliphatic heterocycles. The molecule has 17 heavy (non-hydrogen) atoms. The van der Waals surface area contributed by atoms with Crippen LogP contribution < -0.4 is 0 Å². The maximum absolute atomic E-state index is 11.4. The molecule has 0 spiro atoms. The second-order valence-corrected chi connectivity index (χ2v) is 5.34. The van der Waals surface area contributed by atoms with Crippen LogP contribution in [0, 0.1) is 0 Å². The number of carbonyl (C=O) groups excluding carboxylic acids is 1. The van der Waals surface area contributed by atoms with Crippen LogP contribution in [0.2, 0.25) is 10.0 Å². The van der Waals surface area contributed by atoms with Gasteiger partial charge in [-0.15, -0.1) is 0 Å². The summed E-state index contributed by atoms with van der Waals surface area (Å²) in [6, 6.07) is 5.21. The largest absolute Gasteiger partial charge is 0.454 e. The van der Waals surface area contributed by atoms with Crippen LogP contribution in [0.4, 0.5) is 0 Å². The second-order valence-electron chi connectivity index (χ2n) is 3.73. The van der Waals surface area contributed by atoms with Crippen LogP contribution in [-0.4, -0.2) is 10.4 Å². The lowest BCUT2D eigenvalue weighted by atomic mass is 10.00. The lowest BCUT2D eigenvalue weighted by Crippen LogP contribution is -2.17. The van der Waals surface area contributed by atoms with E-state index in [9.17, 15) is 4.79 Å². The third-order valence-electron chi connectivity index (χ3n) is 2.51. The van der Waals surface area contributed by atoms with Gasteiger partial charge in [0.2, 0.25) is 0 Å². The van der Waals surface area contributed by atoms with Crippen molar-refractivity contribution in [1.82, 2.24) is 0 Å². The van der Waals surface area contributed by atoms with Crippen LogP contribution in [-0.2, 0) is 9.53 Å². The lowest BCUT2D eigenvalue weighted by molar-refractivity contribution is -0.144. The summed E-state index contributed by atoms with van der Waals surface area (Å²) in [6.45, 7) is 0. The van der Waals surface area contributed by atoms with Crippen LogP contribution >= 0.6 is 45.8 Å². The van der Waals surface area contributed by atoms with Gasteiger partial charge in [0.1, 0.15) is 6.10 Å². The molecule has 0 saturated heterocycles. The van der Waals surface area contributed by atoms with E-state index >= 15 is 0 Å². The van der Waals surface area contributed by atoms with Crippen molar-refractivity contribution in [3.05, 3.63) is 45.5 Å². The van der Waals surface area contributed by atoms with Crippen molar-refractivity contribution in [1.29, 1.82) is 0 Å². The Hall–Kier alpha value is -0.260. The molecule has 0 aliphatic carbocycles.